The van der Waals surface area contributed by atoms with Crippen molar-refractivity contribution in [2.75, 3.05) is 12.4 Å². The zero-order valence-corrected chi connectivity index (χ0v) is 23.1. The Balaban J connectivity index is 1.42. The van der Waals surface area contributed by atoms with Crippen LogP contribution >= 0.6 is 11.3 Å². The molecule has 12 heteroatoms. The second kappa shape index (κ2) is 10.2. The Kier molecular flexibility index (Phi) is 6.55. The van der Waals surface area contributed by atoms with Crippen LogP contribution in [0.25, 0.3) is 27.5 Å². The second-order valence-electron chi connectivity index (χ2n) is 9.69. The molecule has 1 aliphatic rings. The number of nitrogens with one attached hydrogen (secondary N) is 1. The van der Waals surface area contributed by atoms with Crippen LogP contribution in [-0.2, 0) is 31.2 Å². The Hall–Kier alpha value is -4.58. The number of carbonyl (C=O) groups excluding carboxylic acids is 2. The van der Waals surface area contributed by atoms with Crippen molar-refractivity contribution in [1.29, 1.82) is 0 Å². The number of aromatic nitrogens is 6. The average molecular weight is 548 g/mol. The monoisotopic (exact) mass is 548 g/mol. The Morgan fingerprint density at radius 1 is 1.20 bits per heavy atom. The predicted molar refractivity (Wildman–Crippen MR) is 154 cm³/mol. The normalized spacial score (nSPS) is 12.1. The van der Waals surface area contributed by atoms with Crippen molar-refractivity contribution in [1.82, 2.24) is 34.2 Å². The van der Waals surface area contributed by atoms with Crippen molar-refractivity contribution < 1.29 is 9.59 Å². The number of thiazole rings is 1. The van der Waals surface area contributed by atoms with E-state index in [1.165, 1.54) is 18.3 Å². The molecule has 0 fully saturated rings. The van der Waals surface area contributed by atoms with E-state index in [4.69, 9.17) is 12.9 Å². The van der Waals surface area contributed by atoms with E-state index in [0.29, 0.717) is 28.4 Å². The van der Waals surface area contributed by atoms with Crippen LogP contribution in [0, 0.1) is 0 Å². The van der Waals surface area contributed by atoms with E-state index in [9.17, 15) is 9.59 Å². The van der Waals surface area contributed by atoms with Gasteiger partial charge in [0, 0.05) is 62.5 Å². The molecular weight excluding hydrogens is 523 g/mol. The van der Waals surface area contributed by atoms with E-state index in [0.717, 1.165) is 51.8 Å². The number of amides is 2. The molecule has 0 saturated carbocycles. The summed E-state index contributed by atoms with van der Waals surface area (Å²) in [5.41, 5.74) is 6.10. The van der Waals surface area contributed by atoms with Gasteiger partial charge in [-0.05, 0) is 37.1 Å². The maximum Gasteiger partial charge on any atom is 0.253 e. The summed E-state index contributed by atoms with van der Waals surface area (Å²) in [4.78, 5) is 40.7. The van der Waals surface area contributed by atoms with Crippen molar-refractivity contribution in [2.45, 2.75) is 26.3 Å². The fraction of sp³-hybridized carbons (Fsp3) is 0.214. The maximum atomic E-state index is 13.2. The minimum Gasteiger partial charge on any atom is -0.337 e. The molecule has 1 N–H and O–H groups in total. The number of fused-ring (bicyclic) bond motifs is 3. The molecule has 0 aliphatic heterocycles. The first-order valence-electron chi connectivity index (χ1n) is 12.7. The van der Waals surface area contributed by atoms with Gasteiger partial charge in [-0.15, -0.1) is 0 Å². The van der Waals surface area contributed by atoms with Crippen molar-refractivity contribution >= 4 is 41.6 Å². The summed E-state index contributed by atoms with van der Waals surface area (Å²) in [5.74, 6) is 0.447. The van der Waals surface area contributed by atoms with Crippen LogP contribution in [0.15, 0.2) is 55.1 Å². The standard InChI is InChI=1S/C28H25BN8O2S/c1-16(38)32-28-33-21-8-7-19-24(18-5-4-10-30-14-18)34-37(25(19)26(21)40-28)22-9-6-17(13-20(22)29)27(39)36(3)15-23-31-11-12-35(23)2/h4-6,9-14H,7-8,15H2,1-3H3,(H,32,33,38). The van der Waals surface area contributed by atoms with Crippen LogP contribution in [0.3, 0.4) is 0 Å². The number of hydrogen-bond donors (Lipinski definition) is 1. The first-order chi connectivity index (χ1) is 19.3. The Morgan fingerprint density at radius 2 is 2.05 bits per heavy atom. The van der Waals surface area contributed by atoms with E-state index < -0.39 is 0 Å². The summed E-state index contributed by atoms with van der Waals surface area (Å²) < 4.78 is 3.71. The SMILES string of the molecule is [B]c1cc(C(=O)N(C)Cc2nccn2C)ccc1-n1nc(-c2cccnc2)c2c1-c1sc(NC(C)=O)nc1CC2. The molecule has 4 aromatic heterocycles. The third kappa shape index (κ3) is 4.60. The molecular formula is C28H25BN8O2S. The van der Waals surface area contributed by atoms with Gasteiger partial charge < -0.3 is 14.8 Å². The third-order valence-corrected chi connectivity index (χ3v) is 7.89. The number of anilines is 1. The lowest BCUT2D eigenvalue weighted by Crippen LogP contribution is -2.28. The molecule has 1 aliphatic carbocycles. The lowest BCUT2D eigenvalue weighted by molar-refractivity contribution is -0.114. The molecule has 40 heavy (non-hydrogen) atoms. The fourth-order valence-electron chi connectivity index (χ4n) is 4.92. The molecule has 10 nitrogen and oxygen atoms in total. The highest BCUT2D eigenvalue weighted by atomic mass is 32.1. The second-order valence-corrected chi connectivity index (χ2v) is 10.7. The summed E-state index contributed by atoms with van der Waals surface area (Å²) in [6.45, 7) is 1.84. The highest BCUT2D eigenvalue weighted by Crippen LogP contribution is 2.43. The smallest absolute Gasteiger partial charge is 0.253 e. The minimum absolute atomic E-state index is 0.163. The van der Waals surface area contributed by atoms with Crippen LogP contribution in [0.5, 0.6) is 0 Å². The first kappa shape index (κ1) is 25.7. The Bertz CT molecular complexity index is 1760. The zero-order chi connectivity index (χ0) is 28.0. The Morgan fingerprint density at radius 3 is 2.75 bits per heavy atom. The molecule has 0 saturated heterocycles. The van der Waals surface area contributed by atoms with Crippen molar-refractivity contribution in [3.05, 3.63) is 77.8 Å². The molecule has 0 spiro atoms. The lowest BCUT2D eigenvalue weighted by atomic mass is 9.91. The van der Waals surface area contributed by atoms with Crippen molar-refractivity contribution in [3.8, 4) is 27.5 Å². The molecule has 2 radical (unpaired) electrons. The van der Waals surface area contributed by atoms with Gasteiger partial charge in [0.15, 0.2) is 5.13 Å². The maximum absolute atomic E-state index is 13.2. The summed E-state index contributed by atoms with van der Waals surface area (Å²) in [7, 11) is 10.2. The number of rotatable bonds is 6. The molecule has 1 aromatic carbocycles. The quantitative estimate of drug-likeness (QED) is 0.327. The van der Waals surface area contributed by atoms with E-state index in [1.807, 2.05) is 40.7 Å². The molecule has 5 aromatic rings. The molecule has 4 heterocycles. The molecule has 6 rings (SSSR count). The van der Waals surface area contributed by atoms with E-state index in [2.05, 4.69) is 20.3 Å². The largest absolute Gasteiger partial charge is 0.337 e. The van der Waals surface area contributed by atoms with Gasteiger partial charge in [-0.3, -0.25) is 14.6 Å². The number of hydrogen-bond acceptors (Lipinski definition) is 7. The van der Waals surface area contributed by atoms with Gasteiger partial charge in [-0.25, -0.2) is 14.6 Å². The predicted octanol–water partition coefficient (Wildman–Crippen LogP) is 2.91. The average Bonchev–Trinajstić information content (AvgIpc) is 3.64. The number of imidazole rings is 1. The van der Waals surface area contributed by atoms with Gasteiger partial charge in [0.25, 0.3) is 5.91 Å². The number of carbonyl (C=O) groups is 2. The van der Waals surface area contributed by atoms with E-state index in [-0.39, 0.29) is 11.8 Å². The third-order valence-electron chi connectivity index (χ3n) is 6.87. The van der Waals surface area contributed by atoms with Gasteiger partial charge in [0.2, 0.25) is 5.91 Å². The molecule has 198 valence electrons. The summed E-state index contributed by atoms with van der Waals surface area (Å²) in [6, 6.07) is 9.13. The van der Waals surface area contributed by atoms with Crippen molar-refractivity contribution in [2.24, 2.45) is 7.05 Å². The summed E-state index contributed by atoms with van der Waals surface area (Å²) >= 11 is 1.42. The summed E-state index contributed by atoms with van der Waals surface area (Å²) in [6.07, 6.45) is 8.52. The van der Waals surface area contributed by atoms with Gasteiger partial charge >= 0.3 is 0 Å². The van der Waals surface area contributed by atoms with Crippen LogP contribution in [-0.4, -0.2) is 60.9 Å². The minimum atomic E-state index is -0.173. The topological polar surface area (TPSA) is 111 Å². The van der Waals surface area contributed by atoms with Crippen LogP contribution in [0.1, 0.15) is 34.4 Å². The lowest BCUT2D eigenvalue weighted by Gasteiger charge is -2.19. The number of benzene rings is 1. The van der Waals surface area contributed by atoms with E-state index >= 15 is 0 Å². The van der Waals surface area contributed by atoms with Gasteiger partial charge in [-0.1, -0.05) is 22.9 Å². The highest BCUT2D eigenvalue weighted by Gasteiger charge is 2.30. The van der Waals surface area contributed by atoms with Crippen molar-refractivity contribution in [3.63, 3.8) is 0 Å². The van der Waals surface area contributed by atoms with Crippen LogP contribution < -0.4 is 10.8 Å². The first-order valence-corrected chi connectivity index (χ1v) is 13.5. The Labute approximate surface area is 236 Å². The highest BCUT2D eigenvalue weighted by molar-refractivity contribution is 7.19. The molecule has 0 bridgehead atoms. The van der Waals surface area contributed by atoms with E-state index in [1.54, 1.807) is 42.7 Å². The van der Waals surface area contributed by atoms with Crippen LogP contribution in [0.4, 0.5) is 5.13 Å². The number of nitrogens with zero attached hydrogens (tertiary/aromatic N) is 7. The van der Waals surface area contributed by atoms with Crippen LogP contribution in [0.2, 0.25) is 0 Å². The molecule has 0 unspecified atom stereocenters. The number of pyridine rings is 1. The fourth-order valence-corrected chi connectivity index (χ4v) is 6.03. The molecule has 2 amide bonds. The molecule has 0 atom stereocenters. The zero-order valence-electron chi connectivity index (χ0n) is 22.3. The van der Waals surface area contributed by atoms with Gasteiger partial charge in [-0.2, -0.15) is 5.10 Å². The number of aryl methyl sites for hydroxylation is 2. The van der Waals surface area contributed by atoms with Gasteiger partial charge in [0.1, 0.15) is 13.7 Å². The summed E-state index contributed by atoms with van der Waals surface area (Å²) in [5, 5.41) is 8.37. The van der Waals surface area contributed by atoms with Gasteiger partial charge in [0.05, 0.1) is 34.2 Å².